The third-order valence-corrected chi connectivity index (χ3v) is 4.73. The molecule has 1 N–H and O–H groups in total. The summed E-state index contributed by atoms with van der Waals surface area (Å²) in [4.78, 5) is 24.1. The summed E-state index contributed by atoms with van der Waals surface area (Å²) < 4.78 is 3.73. The topological polar surface area (TPSA) is 71.0 Å². The average Bonchev–Trinajstić information content (AvgIpc) is 2.97. The first-order valence-corrected chi connectivity index (χ1v) is 10.1. The molecule has 0 radical (unpaired) electrons. The summed E-state index contributed by atoms with van der Waals surface area (Å²) in [7, 11) is 0. The Morgan fingerprint density at radius 1 is 1.13 bits per heavy atom. The zero-order chi connectivity index (χ0) is 21.9. The van der Waals surface area contributed by atoms with Crippen LogP contribution < -0.4 is 15.1 Å². The number of anilines is 1. The van der Waals surface area contributed by atoms with Gasteiger partial charge in [-0.15, -0.1) is 0 Å². The van der Waals surface area contributed by atoms with Gasteiger partial charge in [-0.1, -0.05) is 65.1 Å². The molecule has 156 valence electrons. The van der Waals surface area contributed by atoms with Crippen molar-refractivity contribution in [2.24, 2.45) is 5.10 Å². The Morgan fingerprint density at radius 3 is 2.33 bits per heavy atom. The largest absolute Gasteiger partial charge is 0.466 e. The Labute approximate surface area is 189 Å². The van der Waals surface area contributed by atoms with Crippen LogP contribution in [0.5, 0.6) is 5.75 Å². The molecule has 0 bridgehead atoms. The van der Waals surface area contributed by atoms with Crippen LogP contribution in [0.3, 0.4) is 0 Å². The molecule has 0 saturated carbocycles. The van der Waals surface area contributed by atoms with E-state index in [0.29, 0.717) is 22.7 Å². The Balaban J connectivity index is 1.77. The molecule has 0 saturated heterocycles. The van der Waals surface area contributed by atoms with E-state index in [0.717, 1.165) is 5.56 Å². The van der Waals surface area contributed by atoms with Crippen molar-refractivity contribution in [3.8, 4) is 5.75 Å². The summed E-state index contributed by atoms with van der Waals surface area (Å²) in [5.41, 5.74) is 2.57. The van der Waals surface area contributed by atoms with E-state index in [2.05, 4.69) is 10.4 Å². The summed E-state index contributed by atoms with van der Waals surface area (Å²) in [6.45, 7) is 3.08. The van der Waals surface area contributed by atoms with Crippen molar-refractivity contribution < 1.29 is 14.3 Å². The maximum atomic E-state index is 12.8. The SMILES string of the molecule is CC(=O)NC(Oc1ccc(/C=C2\C(=O)N(c3ccccc3)N=C2C)cc1)C(Cl)(Cl)Cl. The highest BCUT2D eigenvalue weighted by Gasteiger charge is 2.35. The highest BCUT2D eigenvalue weighted by molar-refractivity contribution is 6.68. The van der Waals surface area contributed by atoms with E-state index in [1.165, 1.54) is 11.9 Å². The van der Waals surface area contributed by atoms with Crippen LogP contribution in [-0.2, 0) is 9.59 Å². The number of nitrogens with zero attached hydrogens (tertiary/aromatic N) is 2. The van der Waals surface area contributed by atoms with Gasteiger partial charge in [0.05, 0.1) is 17.0 Å². The Kier molecular flexibility index (Phi) is 6.71. The molecule has 2 aromatic rings. The number of para-hydroxylation sites is 1. The number of rotatable bonds is 5. The molecule has 0 aromatic heterocycles. The lowest BCUT2D eigenvalue weighted by molar-refractivity contribution is -0.121. The normalized spacial score (nSPS) is 16.4. The first-order valence-electron chi connectivity index (χ1n) is 8.92. The van der Waals surface area contributed by atoms with Crippen LogP contribution in [0.1, 0.15) is 19.4 Å². The van der Waals surface area contributed by atoms with Crippen molar-refractivity contribution in [3.05, 3.63) is 65.7 Å². The summed E-state index contributed by atoms with van der Waals surface area (Å²) >= 11 is 17.6. The minimum Gasteiger partial charge on any atom is -0.466 e. The Hall–Kier alpha value is -2.54. The molecular formula is C21H18Cl3N3O3. The van der Waals surface area contributed by atoms with Crippen LogP contribution in [0.2, 0.25) is 0 Å². The van der Waals surface area contributed by atoms with Gasteiger partial charge in [0.25, 0.3) is 5.91 Å². The number of hydrogen-bond acceptors (Lipinski definition) is 4. The van der Waals surface area contributed by atoms with E-state index in [1.807, 2.05) is 30.3 Å². The minimum absolute atomic E-state index is 0.207. The van der Waals surface area contributed by atoms with Gasteiger partial charge in [-0.05, 0) is 42.8 Å². The predicted molar refractivity (Wildman–Crippen MR) is 120 cm³/mol. The lowest BCUT2D eigenvalue weighted by atomic mass is 10.1. The molecule has 3 rings (SSSR count). The number of hydrogen-bond donors (Lipinski definition) is 1. The molecule has 0 fully saturated rings. The summed E-state index contributed by atoms with van der Waals surface area (Å²) in [5.74, 6) is -0.220. The second kappa shape index (κ2) is 9.08. The fourth-order valence-corrected chi connectivity index (χ4v) is 3.03. The molecule has 0 aliphatic carbocycles. The van der Waals surface area contributed by atoms with E-state index in [1.54, 1.807) is 37.3 Å². The standard InChI is InChI=1S/C21H18Cl3N3O3/c1-13-18(19(29)27(26-13)16-6-4-3-5-7-16)12-15-8-10-17(11-9-15)30-20(21(22,23)24)25-14(2)28/h3-12,20H,1-2H3,(H,25,28)/b18-12-. The van der Waals surface area contributed by atoms with E-state index in [4.69, 9.17) is 39.5 Å². The van der Waals surface area contributed by atoms with E-state index < -0.39 is 15.9 Å². The lowest BCUT2D eigenvalue weighted by Gasteiger charge is -2.25. The van der Waals surface area contributed by atoms with E-state index >= 15 is 0 Å². The zero-order valence-electron chi connectivity index (χ0n) is 16.1. The number of amides is 2. The summed E-state index contributed by atoms with van der Waals surface area (Å²) in [5, 5.41) is 8.16. The van der Waals surface area contributed by atoms with Crippen LogP contribution in [0.25, 0.3) is 6.08 Å². The third-order valence-electron chi connectivity index (χ3n) is 4.14. The lowest BCUT2D eigenvalue weighted by Crippen LogP contribution is -2.47. The Morgan fingerprint density at radius 2 is 1.77 bits per heavy atom. The number of carbonyl (C=O) groups excluding carboxylic acids is 2. The van der Waals surface area contributed by atoms with Crippen LogP contribution in [-0.4, -0.2) is 27.5 Å². The molecule has 1 heterocycles. The van der Waals surface area contributed by atoms with Crippen LogP contribution in [0.4, 0.5) is 5.69 Å². The number of benzene rings is 2. The van der Waals surface area contributed by atoms with E-state index in [-0.39, 0.29) is 5.91 Å². The molecule has 2 aromatic carbocycles. The fraction of sp³-hybridized carbons (Fsp3) is 0.190. The molecule has 1 aliphatic heterocycles. The van der Waals surface area contributed by atoms with Gasteiger partial charge in [0.1, 0.15) is 5.75 Å². The van der Waals surface area contributed by atoms with Crippen molar-refractivity contribution in [3.63, 3.8) is 0 Å². The molecule has 9 heteroatoms. The Bertz CT molecular complexity index is 1000. The van der Waals surface area contributed by atoms with Crippen molar-refractivity contribution in [1.29, 1.82) is 0 Å². The molecule has 2 amide bonds. The van der Waals surface area contributed by atoms with Gasteiger partial charge >= 0.3 is 0 Å². The quantitative estimate of drug-likeness (QED) is 0.394. The van der Waals surface area contributed by atoms with Crippen LogP contribution in [0, 0.1) is 0 Å². The maximum absolute atomic E-state index is 12.8. The highest BCUT2D eigenvalue weighted by Crippen LogP contribution is 2.32. The average molecular weight is 467 g/mol. The molecule has 30 heavy (non-hydrogen) atoms. The van der Waals surface area contributed by atoms with Gasteiger partial charge in [-0.3, -0.25) is 9.59 Å². The van der Waals surface area contributed by atoms with Crippen molar-refractivity contribution in [2.45, 2.75) is 23.9 Å². The zero-order valence-corrected chi connectivity index (χ0v) is 18.4. The number of ether oxygens (including phenoxy) is 1. The van der Waals surface area contributed by atoms with Gasteiger partial charge in [0, 0.05) is 6.92 Å². The van der Waals surface area contributed by atoms with Gasteiger partial charge in [0.2, 0.25) is 15.9 Å². The monoisotopic (exact) mass is 465 g/mol. The summed E-state index contributed by atoms with van der Waals surface area (Å²) in [6.07, 6.45) is 0.586. The molecule has 1 unspecified atom stereocenters. The van der Waals surface area contributed by atoms with Gasteiger partial charge < -0.3 is 10.1 Å². The summed E-state index contributed by atoms with van der Waals surface area (Å²) in [6, 6.07) is 16.0. The second-order valence-electron chi connectivity index (χ2n) is 6.50. The fourth-order valence-electron chi connectivity index (χ4n) is 2.74. The number of halogens is 3. The molecule has 6 nitrogen and oxygen atoms in total. The van der Waals surface area contributed by atoms with Crippen molar-refractivity contribution >= 4 is 64.1 Å². The predicted octanol–water partition coefficient (Wildman–Crippen LogP) is 4.70. The number of alkyl halides is 3. The highest BCUT2D eigenvalue weighted by atomic mass is 35.6. The number of carbonyl (C=O) groups is 2. The molecule has 1 aliphatic rings. The van der Waals surface area contributed by atoms with Crippen LogP contribution >= 0.6 is 34.8 Å². The van der Waals surface area contributed by atoms with Gasteiger partial charge in [-0.2, -0.15) is 10.1 Å². The molecular weight excluding hydrogens is 449 g/mol. The third kappa shape index (κ3) is 5.33. The smallest absolute Gasteiger partial charge is 0.280 e. The van der Waals surface area contributed by atoms with E-state index in [9.17, 15) is 9.59 Å². The first-order chi connectivity index (χ1) is 14.1. The maximum Gasteiger partial charge on any atom is 0.280 e. The minimum atomic E-state index is -1.85. The molecule has 0 spiro atoms. The van der Waals surface area contributed by atoms with Crippen molar-refractivity contribution in [2.75, 3.05) is 5.01 Å². The molecule has 1 atom stereocenters. The van der Waals surface area contributed by atoms with Gasteiger partial charge in [0.15, 0.2) is 0 Å². The van der Waals surface area contributed by atoms with Crippen LogP contribution in [0.15, 0.2) is 65.3 Å². The number of nitrogens with one attached hydrogen (secondary N) is 1. The van der Waals surface area contributed by atoms with Crippen molar-refractivity contribution in [1.82, 2.24) is 5.32 Å². The van der Waals surface area contributed by atoms with Gasteiger partial charge in [-0.25, -0.2) is 0 Å². The second-order valence-corrected chi connectivity index (χ2v) is 8.87. The first kappa shape index (κ1) is 22.2. The number of hydrazone groups is 1.